The number of likely N-dealkylation sites (N-methyl/N-ethyl adjacent to an activating group) is 1. The molecule has 0 bridgehead atoms. The van der Waals surface area contributed by atoms with Crippen molar-refractivity contribution in [1.82, 2.24) is 10.3 Å². The first-order valence-corrected chi connectivity index (χ1v) is 5.97. The van der Waals surface area contributed by atoms with E-state index in [1.807, 2.05) is 11.9 Å². The zero-order valence-corrected chi connectivity index (χ0v) is 10.2. The van der Waals surface area contributed by atoms with E-state index in [4.69, 9.17) is 0 Å². The molecule has 18 heavy (non-hydrogen) atoms. The van der Waals surface area contributed by atoms with Crippen LogP contribution in [-0.4, -0.2) is 31.2 Å². The molecule has 1 aromatic rings. The minimum absolute atomic E-state index is 0.228. The Morgan fingerprint density at radius 2 is 2.28 bits per heavy atom. The van der Waals surface area contributed by atoms with Crippen molar-refractivity contribution in [3.8, 4) is 0 Å². The number of hydrogen-bond donors (Lipinski definition) is 1. The summed E-state index contributed by atoms with van der Waals surface area (Å²) in [5.74, 6) is 0.419. The number of aromatic nitrogens is 1. The predicted octanol–water partition coefficient (Wildman–Crippen LogP) is 2.29. The van der Waals surface area contributed by atoms with Gasteiger partial charge in [0.2, 0.25) is 0 Å². The van der Waals surface area contributed by atoms with Gasteiger partial charge in [-0.15, -0.1) is 0 Å². The van der Waals surface area contributed by atoms with Crippen molar-refractivity contribution in [2.24, 2.45) is 0 Å². The fraction of sp³-hybridized carbons (Fsp3) is 0.583. The lowest BCUT2D eigenvalue weighted by atomic mass is 10.2. The maximum absolute atomic E-state index is 12.6. The zero-order valence-electron chi connectivity index (χ0n) is 10.2. The molecule has 1 fully saturated rings. The molecule has 1 aromatic heterocycles. The highest BCUT2D eigenvalue weighted by molar-refractivity contribution is 5.44. The highest BCUT2D eigenvalue weighted by Gasteiger charge is 2.32. The van der Waals surface area contributed by atoms with Gasteiger partial charge in [0.1, 0.15) is 5.82 Å². The summed E-state index contributed by atoms with van der Waals surface area (Å²) in [6, 6.07) is 2.37. The summed E-state index contributed by atoms with van der Waals surface area (Å²) in [4.78, 5) is 6.02. The molecule has 1 aliphatic heterocycles. The largest absolute Gasteiger partial charge is 0.416 e. The van der Waals surface area contributed by atoms with E-state index in [0.29, 0.717) is 5.82 Å². The summed E-state index contributed by atoms with van der Waals surface area (Å²) in [5, 5.41) is 3.06. The van der Waals surface area contributed by atoms with E-state index >= 15 is 0 Å². The Morgan fingerprint density at radius 3 is 2.94 bits per heavy atom. The van der Waals surface area contributed by atoms with Crippen LogP contribution >= 0.6 is 0 Å². The summed E-state index contributed by atoms with van der Waals surface area (Å²) >= 11 is 0. The molecule has 1 N–H and O–H groups in total. The second-order valence-corrected chi connectivity index (χ2v) is 4.45. The predicted molar refractivity (Wildman–Crippen MR) is 63.5 cm³/mol. The van der Waals surface area contributed by atoms with Crippen molar-refractivity contribution in [3.63, 3.8) is 0 Å². The molecule has 0 aromatic carbocycles. The average Bonchev–Trinajstić information content (AvgIpc) is 2.77. The van der Waals surface area contributed by atoms with E-state index in [9.17, 15) is 13.2 Å². The van der Waals surface area contributed by atoms with Gasteiger partial charge in [-0.3, -0.25) is 0 Å². The number of anilines is 1. The molecule has 6 heteroatoms. The third kappa shape index (κ3) is 2.75. The summed E-state index contributed by atoms with van der Waals surface area (Å²) < 4.78 is 37.9. The molecule has 1 saturated heterocycles. The molecule has 0 saturated carbocycles. The minimum atomic E-state index is -4.31. The van der Waals surface area contributed by atoms with Crippen molar-refractivity contribution >= 4 is 5.82 Å². The molecule has 1 aliphatic rings. The molecule has 1 atom stereocenters. The molecule has 0 aliphatic carbocycles. The Bertz CT molecular complexity index is 406. The molecular formula is C12H16F3N3. The van der Waals surface area contributed by atoms with E-state index < -0.39 is 11.7 Å². The smallest absolute Gasteiger partial charge is 0.352 e. The monoisotopic (exact) mass is 259 g/mol. The van der Waals surface area contributed by atoms with Gasteiger partial charge in [-0.25, -0.2) is 4.98 Å². The van der Waals surface area contributed by atoms with Crippen LogP contribution in [0.5, 0.6) is 0 Å². The zero-order chi connectivity index (χ0) is 13.2. The molecular weight excluding hydrogens is 243 g/mol. The van der Waals surface area contributed by atoms with Crippen LogP contribution in [0.2, 0.25) is 0 Å². The average molecular weight is 259 g/mol. The second-order valence-electron chi connectivity index (χ2n) is 4.45. The maximum atomic E-state index is 12.6. The Morgan fingerprint density at radius 1 is 1.50 bits per heavy atom. The highest BCUT2D eigenvalue weighted by Crippen LogP contribution is 2.32. The fourth-order valence-corrected chi connectivity index (χ4v) is 2.34. The second kappa shape index (κ2) is 5.14. The topological polar surface area (TPSA) is 28.2 Å². The number of nitrogens with one attached hydrogen (secondary N) is 1. The SMILES string of the molecule is CNCC1CCCN1c1cc(C(F)(F)F)ccn1. The van der Waals surface area contributed by atoms with Crippen LogP contribution in [-0.2, 0) is 6.18 Å². The van der Waals surface area contributed by atoms with Gasteiger partial charge >= 0.3 is 6.18 Å². The Labute approximate surface area is 104 Å². The molecule has 0 amide bonds. The van der Waals surface area contributed by atoms with E-state index in [1.165, 1.54) is 6.20 Å². The lowest BCUT2D eigenvalue weighted by Crippen LogP contribution is -2.37. The van der Waals surface area contributed by atoms with Crippen molar-refractivity contribution in [2.75, 3.05) is 25.0 Å². The van der Waals surface area contributed by atoms with Gasteiger partial charge < -0.3 is 10.2 Å². The van der Waals surface area contributed by atoms with E-state index in [0.717, 1.165) is 38.1 Å². The van der Waals surface area contributed by atoms with Gasteiger partial charge in [0.25, 0.3) is 0 Å². The lowest BCUT2D eigenvalue weighted by molar-refractivity contribution is -0.137. The van der Waals surface area contributed by atoms with Crippen LogP contribution in [0.15, 0.2) is 18.3 Å². The first-order chi connectivity index (χ1) is 8.52. The third-order valence-electron chi connectivity index (χ3n) is 3.18. The van der Waals surface area contributed by atoms with Gasteiger partial charge in [-0.05, 0) is 32.0 Å². The Balaban J connectivity index is 2.22. The molecule has 0 spiro atoms. The van der Waals surface area contributed by atoms with Crippen LogP contribution < -0.4 is 10.2 Å². The van der Waals surface area contributed by atoms with Gasteiger partial charge in [0.15, 0.2) is 0 Å². The summed E-state index contributed by atoms with van der Waals surface area (Å²) in [6.07, 6.45) is -1.11. The van der Waals surface area contributed by atoms with Crippen molar-refractivity contribution < 1.29 is 13.2 Å². The summed E-state index contributed by atoms with van der Waals surface area (Å²) in [7, 11) is 1.84. The van der Waals surface area contributed by atoms with Crippen LogP contribution in [0, 0.1) is 0 Å². The Kier molecular flexibility index (Phi) is 3.75. The quantitative estimate of drug-likeness (QED) is 0.902. The molecule has 2 heterocycles. The number of halogens is 3. The maximum Gasteiger partial charge on any atom is 0.416 e. The van der Waals surface area contributed by atoms with Gasteiger partial charge in [-0.1, -0.05) is 0 Å². The van der Waals surface area contributed by atoms with Crippen molar-refractivity contribution in [2.45, 2.75) is 25.1 Å². The third-order valence-corrected chi connectivity index (χ3v) is 3.18. The first kappa shape index (κ1) is 13.1. The molecule has 2 rings (SSSR count). The highest BCUT2D eigenvalue weighted by atomic mass is 19.4. The number of hydrogen-bond acceptors (Lipinski definition) is 3. The number of pyridine rings is 1. The van der Waals surface area contributed by atoms with Crippen LogP contribution in [0.4, 0.5) is 19.0 Å². The normalized spacial score (nSPS) is 20.4. The number of rotatable bonds is 3. The minimum Gasteiger partial charge on any atom is -0.352 e. The molecule has 3 nitrogen and oxygen atoms in total. The standard InChI is InChI=1S/C12H16F3N3/c1-16-8-10-3-2-6-18(10)11-7-9(4-5-17-11)12(13,14)15/h4-5,7,10,16H,2-3,6,8H2,1H3. The molecule has 100 valence electrons. The van der Waals surface area contributed by atoms with Crippen molar-refractivity contribution in [3.05, 3.63) is 23.9 Å². The Hall–Kier alpha value is -1.30. The fourth-order valence-electron chi connectivity index (χ4n) is 2.34. The van der Waals surface area contributed by atoms with E-state index in [2.05, 4.69) is 10.3 Å². The first-order valence-electron chi connectivity index (χ1n) is 5.97. The molecule has 0 radical (unpaired) electrons. The number of nitrogens with zero attached hydrogens (tertiary/aromatic N) is 2. The summed E-state index contributed by atoms with van der Waals surface area (Å²) in [5.41, 5.74) is -0.636. The van der Waals surface area contributed by atoms with Gasteiger partial charge in [0.05, 0.1) is 5.56 Å². The van der Waals surface area contributed by atoms with Crippen LogP contribution in [0.1, 0.15) is 18.4 Å². The van der Waals surface area contributed by atoms with E-state index in [-0.39, 0.29) is 6.04 Å². The van der Waals surface area contributed by atoms with Crippen LogP contribution in [0.25, 0.3) is 0 Å². The van der Waals surface area contributed by atoms with Crippen molar-refractivity contribution in [1.29, 1.82) is 0 Å². The summed E-state index contributed by atoms with van der Waals surface area (Å²) in [6.45, 7) is 1.53. The number of alkyl halides is 3. The van der Waals surface area contributed by atoms with Gasteiger partial charge in [-0.2, -0.15) is 13.2 Å². The van der Waals surface area contributed by atoms with Gasteiger partial charge in [0, 0.05) is 25.3 Å². The van der Waals surface area contributed by atoms with Crippen LogP contribution in [0.3, 0.4) is 0 Å². The lowest BCUT2D eigenvalue weighted by Gasteiger charge is -2.26. The van der Waals surface area contributed by atoms with E-state index in [1.54, 1.807) is 0 Å². The molecule has 1 unspecified atom stereocenters.